The molecular formula is C30H38N6O3S. The fraction of sp³-hybridized carbons (Fsp3) is 0.467. The first-order chi connectivity index (χ1) is 19.4. The molecule has 0 aliphatic carbocycles. The molecule has 2 aliphatic rings. The number of rotatable bonds is 8. The van der Waals surface area contributed by atoms with E-state index in [0.29, 0.717) is 24.3 Å². The number of nitrogens with zero attached hydrogens (tertiary/aromatic N) is 5. The first kappa shape index (κ1) is 28.2. The van der Waals surface area contributed by atoms with Crippen LogP contribution in [0.15, 0.2) is 48.1 Å². The van der Waals surface area contributed by atoms with Crippen LogP contribution in [0, 0.1) is 12.8 Å². The van der Waals surface area contributed by atoms with Crippen LogP contribution in [-0.2, 0) is 13.0 Å². The number of pyridine rings is 1. The van der Waals surface area contributed by atoms with Gasteiger partial charge in [0.25, 0.3) is 5.91 Å². The third-order valence-electron chi connectivity index (χ3n) is 7.68. The van der Waals surface area contributed by atoms with Gasteiger partial charge in [-0.2, -0.15) is 0 Å². The molecule has 2 fully saturated rings. The molecule has 4 heterocycles. The van der Waals surface area contributed by atoms with E-state index < -0.39 is 6.09 Å². The number of anilines is 1. The first-order valence-electron chi connectivity index (χ1n) is 14.1. The second-order valence-corrected chi connectivity index (χ2v) is 11.8. The molecule has 0 radical (unpaired) electrons. The molecule has 1 aromatic carbocycles. The van der Waals surface area contributed by atoms with Crippen LogP contribution in [0.2, 0.25) is 0 Å². The normalized spacial score (nSPS) is 18.4. The zero-order valence-corrected chi connectivity index (χ0v) is 24.2. The van der Waals surface area contributed by atoms with Gasteiger partial charge in [0.2, 0.25) is 5.88 Å². The van der Waals surface area contributed by atoms with E-state index in [9.17, 15) is 9.59 Å². The highest BCUT2D eigenvalue weighted by Gasteiger charge is 2.23. The second kappa shape index (κ2) is 13.3. The van der Waals surface area contributed by atoms with E-state index in [1.54, 1.807) is 28.4 Å². The van der Waals surface area contributed by atoms with Crippen molar-refractivity contribution in [2.24, 2.45) is 5.92 Å². The number of ether oxygens (including phenoxy) is 1. The van der Waals surface area contributed by atoms with Gasteiger partial charge in [0.05, 0.1) is 23.1 Å². The van der Waals surface area contributed by atoms with E-state index in [1.807, 2.05) is 36.7 Å². The maximum Gasteiger partial charge on any atom is 0.416 e. The predicted molar refractivity (Wildman–Crippen MR) is 157 cm³/mol. The predicted octanol–water partition coefficient (Wildman–Crippen LogP) is 4.69. The van der Waals surface area contributed by atoms with Crippen molar-refractivity contribution in [1.82, 2.24) is 24.7 Å². The standard InChI is InChI=1S/C30H38N6O3S/c1-22-4-3-12-35(19-22)20-24-5-7-25(8-6-24)29(37)33-26-9-10-28(31-18-26)39-30(38)36-16-14-34(15-17-36)13-11-27-23(2)32-21-40-27/h5-10,18,21-22H,3-4,11-17,19-20H2,1-2H3,(H,33,37). The fourth-order valence-electron chi connectivity index (χ4n) is 5.30. The average Bonchev–Trinajstić information content (AvgIpc) is 3.38. The molecule has 9 nitrogen and oxygen atoms in total. The number of piperazine rings is 1. The van der Waals surface area contributed by atoms with Crippen molar-refractivity contribution < 1.29 is 14.3 Å². The highest BCUT2D eigenvalue weighted by Crippen LogP contribution is 2.19. The minimum atomic E-state index is -0.402. The van der Waals surface area contributed by atoms with Crippen LogP contribution in [0.4, 0.5) is 10.5 Å². The van der Waals surface area contributed by atoms with Gasteiger partial charge in [-0.3, -0.25) is 14.6 Å². The summed E-state index contributed by atoms with van der Waals surface area (Å²) in [6.45, 7) is 11.3. The summed E-state index contributed by atoms with van der Waals surface area (Å²) in [6, 6.07) is 11.1. The Morgan fingerprint density at radius 3 is 2.50 bits per heavy atom. The Kier molecular flexibility index (Phi) is 9.41. The molecule has 2 aromatic heterocycles. The number of piperidine rings is 1. The van der Waals surface area contributed by atoms with Gasteiger partial charge in [0.15, 0.2) is 0 Å². The summed E-state index contributed by atoms with van der Waals surface area (Å²) in [5.41, 5.74) is 5.35. The summed E-state index contributed by atoms with van der Waals surface area (Å²) >= 11 is 1.70. The number of thiazole rings is 1. The molecule has 1 N–H and O–H groups in total. The lowest BCUT2D eigenvalue weighted by molar-refractivity contribution is 0.102. The Morgan fingerprint density at radius 2 is 1.82 bits per heavy atom. The smallest absolute Gasteiger partial charge is 0.391 e. The van der Waals surface area contributed by atoms with Crippen LogP contribution < -0.4 is 10.1 Å². The molecule has 0 spiro atoms. The van der Waals surface area contributed by atoms with E-state index in [-0.39, 0.29) is 11.8 Å². The highest BCUT2D eigenvalue weighted by atomic mass is 32.1. The lowest BCUT2D eigenvalue weighted by atomic mass is 9.99. The molecule has 2 saturated heterocycles. The maximum atomic E-state index is 12.7. The number of nitrogens with one attached hydrogen (secondary N) is 1. The minimum Gasteiger partial charge on any atom is -0.391 e. The Bertz CT molecular complexity index is 1270. The number of hydrogen-bond donors (Lipinski definition) is 1. The largest absolute Gasteiger partial charge is 0.416 e. The van der Waals surface area contributed by atoms with Crippen molar-refractivity contribution in [2.75, 3.05) is 51.1 Å². The Balaban J connectivity index is 1.04. The van der Waals surface area contributed by atoms with E-state index >= 15 is 0 Å². The van der Waals surface area contributed by atoms with Crippen molar-refractivity contribution in [1.29, 1.82) is 0 Å². The maximum absolute atomic E-state index is 12.7. The number of benzene rings is 1. The zero-order valence-electron chi connectivity index (χ0n) is 23.3. The summed E-state index contributed by atoms with van der Waals surface area (Å²) in [5.74, 6) is 0.753. The van der Waals surface area contributed by atoms with Gasteiger partial charge in [-0.25, -0.2) is 14.8 Å². The van der Waals surface area contributed by atoms with Crippen LogP contribution in [0.5, 0.6) is 5.88 Å². The van der Waals surface area contributed by atoms with E-state index in [4.69, 9.17) is 4.74 Å². The van der Waals surface area contributed by atoms with Crippen molar-refractivity contribution in [3.63, 3.8) is 0 Å². The summed E-state index contributed by atoms with van der Waals surface area (Å²) in [4.78, 5) is 41.8. The molecule has 2 aliphatic heterocycles. The number of amides is 2. The summed E-state index contributed by atoms with van der Waals surface area (Å²) < 4.78 is 5.48. The fourth-order valence-corrected chi connectivity index (χ4v) is 6.07. The van der Waals surface area contributed by atoms with Crippen molar-refractivity contribution in [2.45, 2.75) is 39.7 Å². The number of likely N-dealkylation sites (tertiary alicyclic amines) is 1. The molecule has 5 rings (SSSR count). The molecular weight excluding hydrogens is 524 g/mol. The van der Waals surface area contributed by atoms with Gasteiger partial charge in [-0.1, -0.05) is 19.1 Å². The van der Waals surface area contributed by atoms with Gasteiger partial charge in [-0.15, -0.1) is 11.3 Å². The number of hydrogen-bond acceptors (Lipinski definition) is 8. The lowest BCUT2D eigenvalue weighted by Gasteiger charge is -2.33. The van der Waals surface area contributed by atoms with E-state index in [2.05, 4.69) is 32.0 Å². The number of carbonyl (C=O) groups is 2. The Labute approximate surface area is 240 Å². The van der Waals surface area contributed by atoms with E-state index in [0.717, 1.165) is 57.3 Å². The number of aromatic nitrogens is 2. The van der Waals surface area contributed by atoms with Crippen molar-refractivity contribution >= 4 is 29.0 Å². The van der Waals surface area contributed by atoms with Crippen LogP contribution in [0.3, 0.4) is 0 Å². The molecule has 0 saturated carbocycles. The molecule has 1 unspecified atom stereocenters. The van der Waals surface area contributed by atoms with Crippen molar-refractivity contribution in [3.05, 3.63) is 69.8 Å². The monoisotopic (exact) mass is 562 g/mol. The summed E-state index contributed by atoms with van der Waals surface area (Å²) in [5, 5.41) is 2.87. The molecule has 40 heavy (non-hydrogen) atoms. The third-order valence-corrected chi connectivity index (χ3v) is 8.67. The molecule has 1 atom stereocenters. The number of aryl methyl sites for hydroxylation is 1. The van der Waals surface area contributed by atoms with Crippen LogP contribution >= 0.6 is 11.3 Å². The molecule has 0 bridgehead atoms. The van der Waals surface area contributed by atoms with Gasteiger partial charge in [-0.05, 0) is 62.4 Å². The Morgan fingerprint density at radius 1 is 1.02 bits per heavy atom. The third kappa shape index (κ3) is 7.65. The van der Waals surface area contributed by atoms with Gasteiger partial charge in [0, 0.05) is 62.3 Å². The molecule has 212 valence electrons. The topological polar surface area (TPSA) is 90.9 Å². The highest BCUT2D eigenvalue weighted by molar-refractivity contribution is 7.09. The van der Waals surface area contributed by atoms with Crippen LogP contribution in [0.25, 0.3) is 0 Å². The summed E-state index contributed by atoms with van der Waals surface area (Å²) in [7, 11) is 0. The molecule has 2 amide bonds. The average molecular weight is 563 g/mol. The zero-order chi connectivity index (χ0) is 27.9. The van der Waals surface area contributed by atoms with Crippen LogP contribution in [-0.4, -0.2) is 82.5 Å². The second-order valence-electron chi connectivity index (χ2n) is 10.8. The summed E-state index contributed by atoms with van der Waals surface area (Å²) in [6.07, 6.45) is 4.64. The van der Waals surface area contributed by atoms with Gasteiger partial charge in [0.1, 0.15) is 0 Å². The van der Waals surface area contributed by atoms with Crippen LogP contribution in [0.1, 0.15) is 46.3 Å². The van der Waals surface area contributed by atoms with E-state index in [1.165, 1.54) is 29.5 Å². The quantitative estimate of drug-likeness (QED) is 0.426. The van der Waals surface area contributed by atoms with Gasteiger partial charge >= 0.3 is 6.09 Å². The van der Waals surface area contributed by atoms with Crippen molar-refractivity contribution in [3.8, 4) is 5.88 Å². The van der Waals surface area contributed by atoms with Gasteiger partial charge < -0.3 is 15.0 Å². The first-order valence-corrected chi connectivity index (χ1v) is 15.0. The SMILES string of the molecule is Cc1ncsc1CCN1CCN(C(=O)Oc2ccc(NC(=O)c3ccc(CN4CCCC(C)C4)cc3)cn2)CC1. The molecule has 3 aromatic rings. The number of carbonyl (C=O) groups excluding carboxylic acids is 2. The molecule has 10 heteroatoms. The Hall–Kier alpha value is -3.34. The minimum absolute atomic E-state index is 0.201. The lowest BCUT2D eigenvalue weighted by Crippen LogP contribution is -2.49.